The minimum atomic E-state index is -0.970. The van der Waals surface area contributed by atoms with Crippen molar-refractivity contribution in [2.24, 2.45) is 0 Å². The normalized spacial score (nSPS) is 21.4. The number of fused-ring (bicyclic) bond motifs is 3. The summed E-state index contributed by atoms with van der Waals surface area (Å²) >= 11 is 0. The number of unbranched alkanes of at least 4 members (excludes halogenated alkanes) is 1. The number of ether oxygens (including phenoxy) is 2. The number of methoxy groups -OCH3 is 2. The zero-order valence-electron chi connectivity index (χ0n) is 19.0. The summed E-state index contributed by atoms with van der Waals surface area (Å²) < 4.78 is 13.1. The quantitative estimate of drug-likeness (QED) is 0.731. The molecule has 0 radical (unpaired) electrons. The lowest BCUT2D eigenvalue weighted by Crippen LogP contribution is -2.64. The van der Waals surface area contributed by atoms with E-state index in [1.807, 2.05) is 29.7 Å². The molecule has 2 aliphatic rings. The molecule has 168 valence electrons. The molecule has 1 atom stereocenters. The molecule has 2 aromatic rings. The van der Waals surface area contributed by atoms with Crippen molar-refractivity contribution in [1.82, 2.24) is 14.8 Å². The topological polar surface area (TPSA) is 72.8 Å². The number of hydrogen-bond acceptors (Lipinski definition) is 4. The molecule has 1 fully saturated rings. The van der Waals surface area contributed by atoms with Crippen molar-refractivity contribution in [2.75, 3.05) is 20.8 Å². The summed E-state index contributed by atoms with van der Waals surface area (Å²) in [5.74, 6) is 1.15. The maximum Gasteiger partial charge on any atom is 0.271 e. The standard InChI is InChI=1S/C24H33N3O4/c1-5-6-13-27-22(28)18-14-17-19(30-3)11-12-20(31-4)21(17)26(18)15-24(27,2)23(29)25-16-9-7-8-10-16/h11-12,14,16H,5-10,13,15H2,1-4H3,(H,25,29)/t24-/m1/s1. The predicted octanol–water partition coefficient (Wildman–Crippen LogP) is 3.73. The molecule has 1 saturated carbocycles. The van der Waals surface area contributed by atoms with Gasteiger partial charge in [0.15, 0.2) is 0 Å². The van der Waals surface area contributed by atoms with Crippen molar-refractivity contribution in [3.63, 3.8) is 0 Å². The summed E-state index contributed by atoms with van der Waals surface area (Å²) in [6.07, 6.45) is 6.10. The van der Waals surface area contributed by atoms with Crippen LogP contribution in [-0.2, 0) is 11.3 Å². The first-order valence-corrected chi connectivity index (χ1v) is 11.3. The van der Waals surface area contributed by atoms with Gasteiger partial charge < -0.3 is 24.3 Å². The van der Waals surface area contributed by atoms with Gasteiger partial charge in [-0.2, -0.15) is 0 Å². The molecule has 7 nitrogen and oxygen atoms in total. The number of carbonyl (C=O) groups excluding carboxylic acids is 2. The molecule has 0 spiro atoms. The summed E-state index contributed by atoms with van der Waals surface area (Å²) in [6, 6.07) is 5.76. The van der Waals surface area contributed by atoms with E-state index in [1.165, 1.54) is 0 Å². The highest BCUT2D eigenvalue weighted by atomic mass is 16.5. The molecule has 7 heteroatoms. The molecule has 1 aliphatic carbocycles. The van der Waals surface area contributed by atoms with Crippen molar-refractivity contribution >= 4 is 22.7 Å². The molecule has 0 saturated heterocycles. The van der Waals surface area contributed by atoms with Crippen LogP contribution in [0.4, 0.5) is 0 Å². The molecular formula is C24H33N3O4. The summed E-state index contributed by atoms with van der Waals surface area (Å²) in [4.78, 5) is 29.0. The highest BCUT2D eigenvalue weighted by Crippen LogP contribution is 2.40. The number of hydrogen-bond donors (Lipinski definition) is 1. The molecule has 1 N–H and O–H groups in total. The Hall–Kier alpha value is -2.70. The molecule has 1 aromatic carbocycles. The average molecular weight is 428 g/mol. The first-order chi connectivity index (χ1) is 14.9. The Balaban J connectivity index is 1.82. The summed E-state index contributed by atoms with van der Waals surface area (Å²) in [5.41, 5.74) is 0.391. The molecule has 31 heavy (non-hydrogen) atoms. The smallest absolute Gasteiger partial charge is 0.271 e. The van der Waals surface area contributed by atoms with Crippen LogP contribution in [0.3, 0.4) is 0 Å². The number of rotatable bonds is 7. The van der Waals surface area contributed by atoms with Gasteiger partial charge in [0.05, 0.1) is 26.3 Å². The molecule has 2 amide bonds. The third-order valence-corrected chi connectivity index (χ3v) is 6.86. The Kier molecular flexibility index (Phi) is 5.86. The monoisotopic (exact) mass is 427 g/mol. The zero-order valence-corrected chi connectivity index (χ0v) is 19.0. The Morgan fingerprint density at radius 2 is 1.87 bits per heavy atom. The average Bonchev–Trinajstić information content (AvgIpc) is 3.41. The predicted molar refractivity (Wildman–Crippen MR) is 120 cm³/mol. The van der Waals surface area contributed by atoms with Gasteiger partial charge >= 0.3 is 0 Å². The summed E-state index contributed by atoms with van der Waals surface area (Å²) in [6.45, 7) is 4.92. The van der Waals surface area contributed by atoms with E-state index in [2.05, 4.69) is 12.2 Å². The van der Waals surface area contributed by atoms with E-state index in [1.54, 1.807) is 19.1 Å². The lowest BCUT2D eigenvalue weighted by molar-refractivity contribution is -0.133. The van der Waals surface area contributed by atoms with Crippen molar-refractivity contribution in [2.45, 2.75) is 70.5 Å². The highest BCUT2D eigenvalue weighted by Gasteiger charge is 2.48. The first-order valence-electron chi connectivity index (χ1n) is 11.3. The Bertz CT molecular complexity index is 992. The zero-order chi connectivity index (χ0) is 22.2. The number of nitrogens with one attached hydrogen (secondary N) is 1. The van der Waals surface area contributed by atoms with Crippen molar-refractivity contribution in [3.05, 3.63) is 23.9 Å². The van der Waals surface area contributed by atoms with Crippen LogP contribution in [0.25, 0.3) is 10.9 Å². The lowest BCUT2D eigenvalue weighted by atomic mass is 9.93. The third kappa shape index (κ3) is 3.54. The second-order valence-electron chi connectivity index (χ2n) is 8.89. The van der Waals surface area contributed by atoms with E-state index >= 15 is 0 Å². The molecule has 2 heterocycles. The highest BCUT2D eigenvalue weighted by molar-refractivity contribution is 6.05. The third-order valence-electron chi connectivity index (χ3n) is 6.86. The maximum absolute atomic E-state index is 13.7. The van der Waals surface area contributed by atoms with Crippen LogP contribution in [0.2, 0.25) is 0 Å². The van der Waals surface area contributed by atoms with E-state index < -0.39 is 5.54 Å². The number of amides is 2. The maximum atomic E-state index is 13.7. The van der Waals surface area contributed by atoms with Gasteiger partial charge in [-0.15, -0.1) is 0 Å². The van der Waals surface area contributed by atoms with E-state index in [0.29, 0.717) is 30.3 Å². The van der Waals surface area contributed by atoms with Crippen LogP contribution >= 0.6 is 0 Å². The van der Waals surface area contributed by atoms with Crippen molar-refractivity contribution in [1.29, 1.82) is 0 Å². The molecular weight excluding hydrogens is 394 g/mol. The van der Waals surface area contributed by atoms with Gasteiger partial charge in [0, 0.05) is 18.0 Å². The van der Waals surface area contributed by atoms with Gasteiger partial charge in [-0.25, -0.2) is 0 Å². The van der Waals surface area contributed by atoms with Gasteiger partial charge in [0.25, 0.3) is 5.91 Å². The van der Waals surface area contributed by atoms with E-state index in [-0.39, 0.29) is 17.9 Å². The molecule has 0 bridgehead atoms. The number of nitrogens with zero attached hydrogens (tertiary/aromatic N) is 2. The Morgan fingerprint density at radius 3 is 2.52 bits per heavy atom. The van der Waals surface area contributed by atoms with E-state index in [4.69, 9.17) is 9.47 Å². The second-order valence-corrected chi connectivity index (χ2v) is 8.89. The fourth-order valence-electron chi connectivity index (χ4n) is 5.03. The van der Waals surface area contributed by atoms with Crippen LogP contribution in [0, 0.1) is 0 Å². The lowest BCUT2D eigenvalue weighted by Gasteiger charge is -2.44. The Morgan fingerprint density at radius 1 is 1.19 bits per heavy atom. The molecule has 1 aromatic heterocycles. The van der Waals surface area contributed by atoms with Crippen LogP contribution < -0.4 is 14.8 Å². The fourth-order valence-corrected chi connectivity index (χ4v) is 5.03. The van der Waals surface area contributed by atoms with Crippen LogP contribution in [0.15, 0.2) is 18.2 Å². The van der Waals surface area contributed by atoms with Crippen molar-refractivity contribution < 1.29 is 19.1 Å². The van der Waals surface area contributed by atoms with Crippen molar-refractivity contribution in [3.8, 4) is 11.5 Å². The number of aromatic nitrogens is 1. The molecule has 0 unspecified atom stereocenters. The van der Waals surface area contributed by atoms with Crippen LogP contribution in [0.5, 0.6) is 11.5 Å². The molecule has 1 aliphatic heterocycles. The molecule has 4 rings (SSSR count). The Labute approximate surface area is 183 Å². The first kappa shape index (κ1) is 21.5. The van der Waals surface area contributed by atoms with Gasteiger partial charge in [0.2, 0.25) is 5.91 Å². The minimum Gasteiger partial charge on any atom is -0.496 e. The van der Waals surface area contributed by atoms with Gasteiger partial charge in [0.1, 0.15) is 22.7 Å². The van der Waals surface area contributed by atoms with Gasteiger partial charge in [-0.1, -0.05) is 26.2 Å². The summed E-state index contributed by atoms with van der Waals surface area (Å²) in [7, 11) is 3.23. The number of benzene rings is 1. The van der Waals surface area contributed by atoms with Gasteiger partial charge in [-0.05, 0) is 44.4 Å². The van der Waals surface area contributed by atoms with E-state index in [9.17, 15) is 9.59 Å². The largest absolute Gasteiger partial charge is 0.496 e. The van der Waals surface area contributed by atoms with Gasteiger partial charge in [-0.3, -0.25) is 9.59 Å². The van der Waals surface area contributed by atoms with Crippen LogP contribution in [0.1, 0.15) is 62.9 Å². The SMILES string of the molecule is CCCCN1C(=O)c2cc3c(OC)ccc(OC)c3n2C[C@]1(C)C(=O)NC1CCCC1. The minimum absolute atomic E-state index is 0.0711. The fraction of sp³-hybridized carbons (Fsp3) is 0.583. The second kappa shape index (κ2) is 8.44. The van der Waals surface area contributed by atoms with E-state index in [0.717, 1.165) is 49.4 Å². The summed E-state index contributed by atoms with van der Waals surface area (Å²) in [5, 5.41) is 4.06. The van der Waals surface area contributed by atoms with Crippen LogP contribution in [-0.4, -0.2) is 53.6 Å². The number of carbonyl (C=O) groups is 2.